The van der Waals surface area contributed by atoms with Crippen molar-refractivity contribution < 1.29 is 23.1 Å². The van der Waals surface area contributed by atoms with Gasteiger partial charge in [0, 0.05) is 13.0 Å². The van der Waals surface area contributed by atoms with Crippen molar-refractivity contribution in [2.75, 3.05) is 26.2 Å². The zero-order valence-corrected chi connectivity index (χ0v) is 10.5. The Bertz CT molecular complexity index is 247. The minimum atomic E-state index is -4.44. The zero-order valence-electron chi connectivity index (χ0n) is 10.5. The van der Waals surface area contributed by atoms with Crippen LogP contribution in [0.1, 0.15) is 26.2 Å². The minimum absolute atomic E-state index is 0.0528. The summed E-state index contributed by atoms with van der Waals surface area (Å²) in [4.78, 5) is 12.3. The molecule has 0 aromatic carbocycles. The summed E-state index contributed by atoms with van der Waals surface area (Å²) in [5.74, 6) is -0.369. The Morgan fingerprint density at radius 1 is 1.39 bits per heavy atom. The van der Waals surface area contributed by atoms with Gasteiger partial charge in [-0.05, 0) is 25.3 Å². The third kappa shape index (κ3) is 8.30. The van der Waals surface area contributed by atoms with Crippen molar-refractivity contribution in [2.24, 2.45) is 11.7 Å². The number of amides is 1. The van der Waals surface area contributed by atoms with Crippen LogP contribution in [0.15, 0.2) is 0 Å². The third-order valence-electron chi connectivity index (χ3n) is 2.60. The highest BCUT2D eigenvalue weighted by Gasteiger charge is 2.32. The Labute approximate surface area is 105 Å². The molecule has 0 heterocycles. The molecule has 4 nitrogen and oxygen atoms in total. The smallest absolute Gasteiger partial charge is 0.395 e. The second-order valence-electron chi connectivity index (χ2n) is 4.38. The van der Waals surface area contributed by atoms with E-state index < -0.39 is 25.2 Å². The fourth-order valence-electron chi connectivity index (χ4n) is 1.59. The molecular weight excluding hydrogens is 249 g/mol. The van der Waals surface area contributed by atoms with Crippen LogP contribution >= 0.6 is 0 Å². The molecule has 108 valence electrons. The lowest BCUT2D eigenvalue weighted by atomic mass is 10.0. The van der Waals surface area contributed by atoms with Crippen LogP contribution in [-0.4, -0.2) is 48.3 Å². The molecule has 0 rings (SSSR count). The van der Waals surface area contributed by atoms with Gasteiger partial charge in [-0.2, -0.15) is 13.2 Å². The molecule has 1 amide bonds. The number of alkyl halides is 3. The van der Waals surface area contributed by atoms with Gasteiger partial charge in [0.2, 0.25) is 5.91 Å². The summed E-state index contributed by atoms with van der Waals surface area (Å²) < 4.78 is 36.7. The lowest BCUT2D eigenvalue weighted by molar-refractivity contribution is -0.162. The predicted molar refractivity (Wildman–Crippen MR) is 61.8 cm³/mol. The van der Waals surface area contributed by atoms with Gasteiger partial charge < -0.3 is 15.7 Å². The number of aliphatic hydroxyl groups is 1. The summed E-state index contributed by atoms with van der Waals surface area (Å²) in [6, 6.07) is 0. The third-order valence-corrected chi connectivity index (χ3v) is 2.60. The average Bonchev–Trinajstić information content (AvgIpc) is 2.24. The van der Waals surface area contributed by atoms with Gasteiger partial charge in [-0.25, -0.2) is 0 Å². The first-order valence-corrected chi connectivity index (χ1v) is 5.95. The number of nitrogens with zero attached hydrogens (tertiary/aromatic N) is 1. The molecule has 0 saturated carbocycles. The van der Waals surface area contributed by atoms with Crippen LogP contribution < -0.4 is 5.73 Å². The second kappa shape index (κ2) is 8.31. The highest BCUT2D eigenvalue weighted by atomic mass is 19.4. The van der Waals surface area contributed by atoms with E-state index in [-0.39, 0.29) is 18.9 Å². The highest BCUT2D eigenvalue weighted by Crippen LogP contribution is 2.18. The number of halogens is 3. The van der Waals surface area contributed by atoms with E-state index in [4.69, 9.17) is 10.8 Å². The van der Waals surface area contributed by atoms with Crippen molar-refractivity contribution >= 4 is 5.91 Å². The van der Waals surface area contributed by atoms with Crippen molar-refractivity contribution in [2.45, 2.75) is 32.4 Å². The summed E-state index contributed by atoms with van der Waals surface area (Å²) in [6.07, 6.45) is -3.13. The van der Waals surface area contributed by atoms with Crippen LogP contribution in [0.3, 0.4) is 0 Å². The number of carbonyl (C=O) groups is 1. The van der Waals surface area contributed by atoms with Crippen molar-refractivity contribution in [3.8, 4) is 0 Å². The maximum absolute atomic E-state index is 12.2. The molecule has 0 aliphatic carbocycles. The Morgan fingerprint density at radius 2 is 2.00 bits per heavy atom. The minimum Gasteiger partial charge on any atom is -0.395 e. The van der Waals surface area contributed by atoms with Crippen LogP contribution in [0.5, 0.6) is 0 Å². The van der Waals surface area contributed by atoms with E-state index >= 15 is 0 Å². The maximum Gasteiger partial charge on any atom is 0.406 e. The van der Waals surface area contributed by atoms with E-state index in [1.165, 1.54) is 0 Å². The molecule has 0 radical (unpaired) electrons. The van der Waals surface area contributed by atoms with Crippen LogP contribution in [0.4, 0.5) is 13.2 Å². The van der Waals surface area contributed by atoms with Crippen LogP contribution in [0.25, 0.3) is 0 Å². The van der Waals surface area contributed by atoms with E-state index in [2.05, 4.69) is 0 Å². The van der Waals surface area contributed by atoms with E-state index in [1.54, 1.807) is 0 Å². The number of hydrogen-bond donors (Lipinski definition) is 2. The van der Waals surface area contributed by atoms with E-state index in [9.17, 15) is 18.0 Å². The van der Waals surface area contributed by atoms with Gasteiger partial charge in [-0.15, -0.1) is 0 Å². The predicted octanol–water partition coefficient (Wildman–Crippen LogP) is 1.13. The molecule has 3 N–H and O–H groups in total. The summed E-state index contributed by atoms with van der Waals surface area (Å²) in [5, 5.41) is 8.67. The molecule has 0 bridgehead atoms. The SMILES string of the molecule is CC(CCN)CCC(=O)N(CCO)CC(F)(F)F. The molecule has 0 spiro atoms. The Balaban J connectivity index is 4.22. The summed E-state index contributed by atoms with van der Waals surface area (Å²) in [6.45, 7) is 0.333. The molecule has 7 heteroatoms. The highest BCUT2D eigenvalue weighted by molar-refractivity contribution is 5.76. The largest absolute Gasteiger partial charge is 0.406 e. The lowest BCUT2D eigenvalue weighted by Gasteiger charge is -2.23. The van der Waals surface area contributed by atoms with Crippen molar-refractivity contribution in [1.29, 1.82) is 0 Å². The molecular formula is C11H21F3N2O2. The average molecular weight is 270 g/mol. The van der Waals surface area contributed by atoms with Crippen LogP contribution in [0.2, 0.25) is 0 Å². The fraction of sp³-hybridized carbons (Fsp3) is 0.909. The first kappa shape index (κ1) is 17.2. The number of hydrogen-bond acceptors (Lipinski definition) is 3. The van der Waals surface area contributed by atoms with Crippen molar-refractivity contribution in [3.05, 3.63) is 0 Å². The zero-order chi connectivity index (χ0) is 14.2. The van der Waals surface area contributed by atoms with Crippen LogP contribution in [0, 0.1) is 5.92 Å². The molecule has 0 fully saturated rings. The van der Waals surface area contributed by atoms with E-state index in [1.807, 2.05) is 6.92 Å². The molecule has 0 aromatic heterocycles. The van der Waals surface area contributed by atoms with Gasteiger partial charge in [-0.1, -0.05) is 6.92 Å². The quantitative estimate of drug-likeness (QED) is 0.695. The summed E-state index contributed by atoms with van der Waals surface area (Å²) >= 11 is 0. The van der Waals surface area contributed by atoms with Crippen LogP contribution in [-0.2, 0) is 4.79 Å². The standard InChI is InChI=1S/C11H21F3N2O2/c1-9(4-5-15)2-3-10(18)16(6-7-17)8-11(12,13)14/h9,17H,2-8,15H2,1H3. The van der Waals surface area contributed by atoms with Crippen molar-refractivity contribution in [3.63, 3.8) is 0 Å². The van der Waals surface area contributed by atoms with Gasteiger partial charge in [0.15, 0.2) is 0 Å². The second-order valence-corrected chi connectivity index (χ2v) is 4.38. The molecule has 0 aromatic rings. The lowest BCUT2D eigenvalue weighted by Crippen LogP contribution is -2.40. The van der Waals surface area contributed by atoms with Gasteiger partial charge in [0.1, 0.15) is 6.54 Å². The number of nitrogens with two attached hydrogens (primary N) is 1. The maximum atomic E-state index is 12.2. The van der Waals surface area contributed by atoms with Gasteiger partial charge >= 0.3 is 6.18 Å². The first-order chi connectivity index (χ1) is 8.30. The molecule has 1 atom stereocenters. The Kier molecular flexibility index (Phi) is 7.93. The van der Waals surface area contributed by atoms with E-state index in [0.29, 0.717) is 17.9 Å². The Morgan fingerprint density at radius 3 is 2.44 bits per heavy atom. The topological polar surface area (TPSA) is 66.6 Å². The molecule has 0 aliphatic heterocycles. The monoisotopic (exact) mass is 270 g/mol. The van der Waals surface area contributed by atoms with Gasteiger partial charge in [0.05, 0.1) is 6.61 Å². The number of carbonyl (C=O) groups excluding carboxylic acids is 1. The van der Waals surface area contributed by atoms with E-state index in [0.717, 1.165) is 6.42 Å². The summed E-state index contributed by atoms with van der Waals surface area (Å²) in [7, 11) is 0. The Hall–Kier alpha value is -0.820. The first-order valence-electron chi connectivity index (χ1n) is 5.95. The van der Waals surface area contributed by atoms with Gasteiger partial charge in [-0.3, -0.25) is 4.79 Å². The molecule has 1 unspecified atom stereocenters. The fourth-order valence-corrected chi connectivity index (χ4v) is 1.59. The van der Waals surface area contributed by atoms with Gasteiger partial charge in [0.25, 0.3) is 0 Å². The summed E-state index contributed by atoms with van der Waals surface area (Å²) in [5.41, 5.74) is 5.35. The van der Waals surface area contributed by atoms with Crippen molar-refractivity contribution in [1.82, 2.24) is 4.90 Å². The molecule has 0 aliphatic rings. The normalized spacial score (nSPS) is 13.4. The molecule has 18 heavy (non-hydrogen) atoms. The number of aliphatic hydroxyl groups excluding tert-OH is 1. The molecule has 0 saturated heterocycles. The number of rotatable bonds is 8.